The minimum Gasteiger partial charge on any atom is -0.320 e. The minimum atomic E-state index is 1.19. The second-order valence-electron chi connectivity index (χ2n) is 7.11. The molecule has 134 valence electrons. The third-order valence-electron chi connectivity index (χ3n) is 4.78. The molecule has 0 saturated carbocycles. The average molecular weight is 312 g/mol. The third-order valence-corrected chi connectivity index (χ3v) is 4.78. The number of hydrogen-bond acceptors (Lipinski definition) is 1. The van der Waals surface area contributed by atoms with Crippen molar-refractivity contribution in [3.8, 4) is 0 Å². The van der Waals surface area contributed by atoms with Crippen LogP contribution in [0.2, 0.25) is 0 Å². The van der Waals surface area contributed by atoms with Gasteiger partial charge in [0.1, 0.15) is 0 Å². The number of unbranched alkanes of at least 4 members (excludes halogenated alkanes) is 17. The Morgan fingerprint density at radius 2 is 0.682 bits per heavy atom. The van der Waals surface area contributed by atoms with E-state index < -0.39 is 0 Å². The van der Waals surface area contributed by atoms with Crippen LogP contribution in [0.25, 0.3) is 0 Å². The van der Waals surface area contributed by atoms with E-state index in [1.807, 2.05) is 7.05 Å². The summed E-state index contributed by atoms with van der Waals surface area (Å²) < 4.78 is 0. The van der Waals surface area contributed by atoms with Crippen LogP contribution in [0.4, 0.5) is 0 Å². The van der Waals surface area contributed by atoms with Crippen molar-refractivity contribution in [2.45, 2.75) is 122 Å². The standard InChI is InChI=1S/C21H45N/c1-3-4-5-6-7-8-9-10-11-12-13-14-15-16-17-18-19-20-21-22-2/h22H,3-21H2,1-2H3. The van der Waals surface area contributed by atoms with Crippen LogP contribution < -0.4 is 5.32 Å². The Kier molecular flexibility index (Phi) is 20.9. The highest BCUT2D eigenvalue weighted by molar-refractivity contribution is 4.50. The topological polar surface area (TPSA) is 12.0 Å². The van der Waals surface area contributed by atoms with E-state index in [2.05, 4.69) is 12.2 Å². The molecule has 0 bridgehead atoms. The van der Waals surface area contributed by atoms with Crippen LogP contribution in [-0.4, -0.2) is 13.6 Å². The molecule has 0 rings (SSSR count). The van der Waals surface area contributed by atoms with Crippen molar-refractivity contribution in [2.24, 2.45) is 0 Å². The van der Waals surface area contributed by atoms with Gasteiger partial charge in [0.05, 0.1) is 0 Å². The molecule has 0 aromatic carbocycles. The van der Waals surface area contributed by atoms with Crippen LogP contribution in [0, 0.1) is 0 Å². The van der Waals surface area contributed by atoms with Crippen molar-refractivity contribution in [2.75, 3.05) is 13.6 Å². The van der Waals surface area contributed by atoms with Gasteiger partial charge in [-0.2, -0.15) is 0 Å². The van der Waals surface area contributed by atoms with Crippen molar-refractivity contribution in [3.63, 3.8) is 0 Å². The van der Waals surface area contributed by atoms with Crippen molar-refractivity contribution in [1.82, 2.24) is 5.32 Å². The van der Waals surface area contributed by atoms with Gasteiger partial charge in [-0.3, -0.25) is 0 Å². The highest BCUT2D eigenvalue weighted by atomic mass is 14.8. The molecule has 0 amide bonds. The second kappa shape index (κ2) is 21.0. The summed E-state index contributed by atoms with van der Waals surface area (Å²) in [6.45, 7) is 3.49. The largest absolute Gasteiger partial charge is 0.320 e. The fourth-order valence-corrected chi connectivity index (χ4v) is 3.20. The van der Waals surface area contributed by atoms with Crippen LogP contribution in [0.1, 0.15) is 122 Å². The van der Waals surface area contributed by atoms with E-state index in [0.29, 0.717) is 0 Å². The summed E-state index contributed by atoms with van der Waals surface area (Å²) in [5, 5.41) is 3.22. The van der Waals surface area contributed by atoms with Gasteiger partial charge in [0, 0.05) is 0 Å². The zero-order valence-corrected chi connectivity index (χ0v) is 15.9. The van der Waals surface area contributed by atoms with Crippen molar-refractivity contribution in [3.05, 3.63) is 0 Å². The first kappa shape index (κ1) is 22.0. The molecule has 0 aromatic rings. The number of nitrogens with one attached hydrogen (secondary N) is 1. The van der Waals surface area contributed by atoms with Gasteiger partial charge in [0.25, 0.3) is 0 Å². The second-order valence-corrected chi connectivity index (χ2v) is 7.11. The molecule has 0 aromatic heterocycles. The molecule has 0 fully saturated rings. The molecule has 0 heterocycles. The molecule has 1 N–H and O–H groups in total. The van der Waals surface area contributed by atoms with Crippen LogP contribution in [0.3, 0.4) is 0 Å². The molecule has 22 heavy (non-hydrogen) atoms. The van der Waals surface area contributed by atoms with E-state index in [1.54, 1.807) is 0 Å². The fourth-order valence-electron chi connectivity index (χ4n) is 3.20. The smallest absolute Gasteiger partial charge is 0.00519 e. The van der Waals surface area contributed by atoms with Gasteiger partial charge in [0.2, 0.25) is 0 Å². The average Bonchev–Trinajstić information content (AvgIpc) is 2.54. The van der Waals surface area contributed by atoms with Crippen LogP contribution in [-0.2, 0) is 0 Å². The molecule has 0 aliphatic rings. The monoisotopic (exact) mass is 311 g/mol. The Hall–Kier alpha value is -0.0400. The molecule has 0 aliphatic heterocycles. The summed E-state index contributed by atoms with van der Waals surface area (Å²) in [5.41, 5.74) is 0. The van der Waals surface area contributed by atoms with Gasteiger partial charge in [-0.25, -0.2) is 0 Å². The first-order valence-electron chi connectivity index (χ1n) is 10.6. The number of rotatable bonds is 19. The SMILES string of the molecule is CCCCCCCCCCCCCCCCCCCCNC. The van der Waals surface area contributed by atoms with Crippen molar-refractivity contribution < 1.29 is 0 Å². The summed E-state index contributed by atoms with van der Waals surface area (Å²) >= 11 is 0. The van der Waals surface area contributed by atoms with Gasteiger partial charge in [-0.1, -0.05) is 116 Å². The highest BCUT2D eigenvalue weighted by Crippen LogP contribution is 2.14. The van der Waals surface area contributed by atoms with Crippen LogP contribution in [0.5, 0.6) is 0 Å². The summed E-state index contributed by atoms with van der Waals surface area (Å²) in [6.07, 6.45) is 26.2. The molecule has 0 unspecified atom stereocenters. The van der Waals surface area contributed by atoms with Crippen molar-refractivity contribution >= 4 is 0 Å². The lowest BCUT2D eigenvalue weighted by atomic mass is 10.0. The molecular weight excluding hydrogens is 266 g/mol. The minimum absolute atomic E-state index is 1.19. The summed E-state index contributed by atoms with van der Waals surface area (Å²) in [6, 6.07) is 0. The van der Waals surface area contributed by atoms with E-state index >= 15 is 0 Å². The van der Waals surface area contributed by atoms with E-state index in [-0.39, 0.29) is 0 Å². The number of hydrogen-bond donors (Lipinski definition) is 1. The van der Waals surface area contributed by atoms with Gasteiger partial charge in [-0.15, -0.1) is 0 Å². The molecule has 1 nitrogen and oxygen atoms in total. The Labute approximate surface area is 142 Å². The Morgan fingerprint density at radius 3 is 0.955 bits per heavy atom. The quantitative estimate of drug-likeness (QED) is 0.248. The van der Waals surface area contributed by atoms with Crippen LogP contribution >= 0.6 is 0 Å². The summed E-state index contributed by atoms with van der Waals surface area (Å²) in [7, 11) is 2.05. The first-order valence-corrected chi connectivity index (χ1v) is 10.6. The molecule has 0 spiro atoms. The molecule has 0 atom stereocenters. The van der Waals surface area contributed by atoms with Gasteiger partial charge >= 0.3 is 0 Å². The lowest BCUT2D eigenvalue weighted by Crippen LogP contribution is -2.06. The Bertz CT molecular complexity index is 159. The first-order chi connectivity index (χ1) is 10.9. The maximum atomic E-state index is 3.22. The fraction of sp³-hybridized carbons (Fsp3) is 1.00. The van der Waals surface area contributed by atoms with Gasteiger partial charge in [-0.05, 0) is 20.0 Å². The summed E-state index contributed by atoms with van der Waals surface area (Å²) in [5.74, 6) is 0. The summed E-state index contributed by atoms with van der Waals surface area (Å²) in [4.78, 5) is 0. The Balaban J connectivity index is 2.91. The maximum absolute atomic E-state index is 3.22. The predicted molar refractivity (Wildman–Crippen MR) is 103 cm³/mol. The molecular formula is C21H45N. The third kappa shape index (κ3) is 20.0. The predicted octanol–water partition coefficient (Wildman–Crippen LogP) is 7.25. The lowest BCUT2D eigenvalue weighted by Gasteiger charge is -2.03. The molecule has 0 aliphatic carbocycles. The maximum Gasteiger partial charge on any atom is -0.00519 e. The van der Waals surface area contributed by atoms with E-state index in [4.69, 9.17) is 0 Å². The molecule has 0 radical (unpaired) electrons. The molecule has 0 saturated heterocycles. The molecule has 1 heteroatoms. The Morgan fingerprint density at radius 1 is 0.409 bits per heavy atom. The van der Waals surface area contributed by atoms with Crippen molar-refractivity contribution in [1.29, 1.82) is 0 Å². The normalized spacial score (nSPS) is 11.2. The van der Waals surface area contributed by atoms with E-state index in [1.165, 1.54) is 122 Å². The van der Waals surface area contributed by atoms with E-state index in [9.17, 15) is 0 Å². The van der Waals surface area contributed by atoms with Crippen LogP contribution in [0.15, 0.2) is 0 Å². The zero-order chi connectivity index (χ0) is 16.1. The zero-order valence-electron chi connectivity index (χ0n) is 15.9. The van der Waals surface area contributed by atoms with E-state index in [0.717, 1.165) is 0 Å². The highest BCUT2D eigenvalue weighted by Gasteiger charge is 1.94. The lowest BCUT2D eigenvalue weighted by molar-refractivity contribution is 0.524. The van der Waals surface area contributed by atoms with Gasteiger partial charge in [0.15, 0.2) is 0 Å². The van der Waals surface area contributed by atoms with Gasteiger partial charge < -0.3 is 5.32 Å².